The molecule has 0 unspecified atom stereocenters. The fourth-order valence-electron chi connectivity index (χ4n) is 1.39. The maximum absolute atomic E-state index is 12.0. The van der Waals surface area contributed by atoms with Crippen LogP contribution >= 0.6 is 22.9 Å². The number of sulfonamides is 1. The van der Waals surface area contributed by atoms with Crippen molar-refractivity contribution in [1.82, 2.24) is 9.71 Å². The fourth-order valence-corrected chi connectivity index (χ4v) is 3.69. The Labute approximate surface area is 124 Å². The standard InChI is InChI=1S/C11H9ClN2O4S2/c12-7-3-1-2-4-9(7)20(17,18)13-5-10-14-8(6-19-10)11(15)16/h1-4,6,13H,5H2,(H,15,16). The summed E-state index contributed by atoms with van der Waals surface area (Å²) >= 11 is 6.89. The van der Waals surface area contributed by atoms with Gasteiger partial charge in [0, 0.05) is 5.38 Å². The van der Waals surface area contributed by atoms with Gasteiger partial charge in [0.05, 0.1) is 11.6 Å². The summed E-state index contributed by atoms with van der Waals surface area (Å²) in [5.74, 6) is -1.15. The van der Waals surface area contributed by atoms with Gasteiger partial charge in [-0.15, -0.1) is 11.3 Å². The molecule has 2 N–H and O–H groups in total. The molecule has 6 nitrogen and oxygen atoms in total. The van der Waals surface area contributed by atoms with E-state index in [4.69, 9.17) is 16.7 Å². The summed E-state index contributed by atoms with van der Waals surface area (Å²) in [4.78, 5) is 14.4. The average Bonchev–Trinajstić information content (AvgIpc) is 2.86. The molecule has 1 aromatic carbocycles. The van der Waals surface area contributed by atoms with E-state index in [1.165, 1.54) is 17.5 Å². The molecule has 0 spiro atoms. The third-order valence-electron chi connectivity index (χ3n) is 2.31. The Hall–Kier alpha value is -1.48. The van der Waals surface area contributed by atoms with Crippen molar-refractivity contribution in [1.29, 1.82) is 0 Å². The highest BCUT2D eigenvalue weighted by Gasteiger charge is 2.18. The highest BCUT2D eigenvalue weighted by atomic mass is 35.5. The van der Waals surface area contributed by atoms with Gasteiger partial charge in [0.1, 0.15) is 9.90 Å². The molecule has 0 radical (unpaired) electrons. The summed E-state index contributed by atoms with van der Waals surface area (Å²) in [7, 11) is -3.76. The number of carboxylic acid groups (broad SMARTS) is 1. The molecule has 0 atom stereocenters. The fraction of sp³-hybridized carbons (Fsp3) is 0.0909. The normalized spacial score (nSPS) is 11.4. The number of carboxylic acids is 1. The minimum atomic E-state index is -3.76. The first-order valence-corrected chi connectivity index (χ1v) is 8.06. The van der Waals surface area contributed by atoms with E-state index < -0.39 is 16.0 Å². The molecule has 20 heavy (non-hydrogen) atoms. The zero-order valence-electron chi connectivity index (χ0n) is 9.91. The van der Waals surface area contributed by atoms with E-state index in [1.807, 2.05) is 0 Å². The first-order valence-electron chi connectivity index (χ1n) is 5.32. The van der Waals surface area contributed by atoms with Crippen molar-refractivity contribution in [3.05, 3.63) is 45.4 Å². The van der Waals surface area contributed by atoms with Gasteiger partial charge in [-0.1, -0.05) is 23.7 Å². The number of benzene rings is 1. The number of nitrogens with one attached hydrogen (secondary N) is 1. The number of hydrogen-bond acceptors (Lipinski definition) is 5. The van der Waals surface area contributed by atoms with E-state index in [0.717, 1.165) is 11.3 Å². The van der Waals surface area contributed by atoms with Gasteiger partial charge in [0.15, 0.2) is 5.69 Å². The minimum absolute atomic E-state index is 0.0309. The van der Waals surface area contributed by atoms with Crippen LogP contribution in [0.2, 0.25) is 5.02 Å². The lowest BCUT2D eigenvalue weighted by molar-refractivity contribution is 0.0691. The molecule has 0 aliphatic carbocycles. The van der Waals surface area contributed by atoms with Gasteiger partial charge in [-0.25, -0.2) is 22.9 Å². The highest BCUT2D eigenvalue weighted by molar-refractivity contribution is 7.89. The third kappa shape index (κ3) is 3.34. The van der Waals surface area contributed by atoms with Crippen LogP contribution in [0.1, 0.15) is 15.5 Å². The molecule has 1 heterocycles. The van der Waals surface area contributed by atoms with Gasteiger partial charge < -0.3 is 5.11 Å². The topological polar surface area (TPSA) is 96.4 Å². The molecule has 0 aliphatic rings. The zero-order valence-corrected chi connectivity index (χ0v) is 12.3. The second-order valence-electron chi connectivity index (χ2n) is 3.69. The molecule has 0 saturated carbocycles. The number of aromatic carboxylic acids is 1. The third-order valence-corrected chi connectivity index (χ3v) is 5.06. The number of carbonyl (C=O) groups is 1. The van der Waals surface area contributed by atoms with E-state index in [1.54, 1.807) is 12.1 Å². The van der Waals surface area contributed by atoms with Crippen molar-refractivity contribution < 1.29 is 18.3 Å². The van der Waals surface area contributed by atoms with E-state index >= 15 is 0 Å². The Morgan fingerprint density at radius 1 is 1.40 bits per heavy atom. The van der Waals surface area contributed by atoms with E-state index in [0.29, 0.717) is 5.01 Å². The Bertz CT molecular complexity index is 742. The molecule has 2 aromatic rings. The number of nitrogens with zero attached hydrogens (tertiary/aromatic N) is 1. The first kappa shape index (κ1) is 14.9. The Balaban J connectivity index is 2.13. The smallest absolute Gasteiger partial charge is 0.355 e. The Morgan fingerprint density at radius 2 is 2.10 bits per heavy atom. The number of rotatable bonds is 5. The second-order valence-corrected chi connectivity index (χ2v) is 6.77. The quantitative estimate of drug-likeness (QED) is 0.872. The van der Waals surface area contributed by atoms with Crippen LogP contribution in [-0.2, 0) is 16.6 Å². The van der Waals surface area contributed by atoms with Crippen molar-refractivity contribution in [2.24, 2.45) is 0 Å². The summed E-state index contributed by atoms with van der Waals surface area (Å²) in [6.45, 7) is -0.0918. The van der Waals surface area contributed by atoms with Crippen LogP contribution in [0.25, 0.3) is 0 Å². The summed E-state index contributed by atoms with van der Waals surface area (Å²) in [6.07, 6.45) is 0. The average molecular weight is 333 g/mol. The van der Waals surface area contributed by atoms with Crippen molar-refractivity contribution >= 4 is 38.9 Å². The van der Waals surface area contributed by atoms with Gasteiger partial charge in [-0.3, -0.25) is 0 Å². The summed E-state index contributed by atoms with van der Waals surface area (Å²) in [6, 6.07) is 6.05. The van der Waals surface area contributed by atoms with Crippen LogP contribution < -0.4 is 4.72 Å². The molecule has 1 aromatic heterocycles. The largest absolute Gasteiger partial charge is 0.476 e. The lowest BCUT2D eigenvalue weighted by atomic mass is 10.4. The van der Waals surface area contributed by atoms with Crippen LogP contribution in [0.3, 0.4) is 0 Å². The van der Waals surface area contributed by atoms with Crippen molar-refractivity contribution in [2.75, 3.05) is 0 Å². The first-order chi connectivity index (χ1) is 9.40. The summed E-state index contributed by atoms with van der Waals surface area (Å²) in [5.41, 5.74) is -0.109. The summed E-state index contributed by atoms with van der Waals surface area (Å²) in [5, 5.41) is 10.6. The summed E-state index contributed by atoms with van der Waals surface area (Å²) < 4.78 is 26.4. The Morgan fingerprint density at radius 3 is 2.70 bits per heavy atom. The maximum Gasteiger partial charge on any atom is 0.355 e. The molecular weight excluding hydrogens is 324 g/mol. The van der Waals surface area contributed by atoms with Gasteiger partial charge >= 0.3 is 5.97 Å². The van der Waals surface area contributed by atoms with Crippen LogP contribution in [0.15, 0.2) is 34.5 Å². The van der Waals surface area contributed by atoms with Crippen LogP contribution in [-0.4, -0.2) is 24.5 Å². The van der Waals surface area contributed by atoms with Gasteiger partial charge in [-0.2, -0.15) is 0 Å². The molecule has 0 aliphatic heterocycles. The van der Waals surface area contributed by atoms with E-state index in [9.17, 15) is 13.2 Å². The van der Waals surface area contributed by atoms with E-state index in [2.05, 4.69) is 9.71 Å². The maximum atomic E-state index is 12.0. The minimum Gasteiger partial charge on any atom is -0.476 e. The molecule has 0 fully saturated rings. The predicted molar refractivity (Wildman–Crippen MR) is 74.6 cm³/mol. The molecule has 0 saturated heterocycles. The van der Waals surface area contributed by atoms with Gasteiger partial charge in [-0.05, 0) is 12.1 Å². The molecule has 106 valence electrons. The van der Waals surface area contributed by atoms with Gasteiger partial charge in [0.25, 0.3) is 0 Å². The molecular formula is C11H9ClN2O4S2. The van der Waals surface area contributed by atoms with Crippen LogP contribution in [0, 0.1) is 0 Å². The highest BCUT2D eigenvalue weighted by Crippen LogP contribution is 2.20. The van der Waals surface area contributed by atoms with Crippen molar-refractivity contribution in [3.8, 4) is 0 Å². The number of thiazole rings is 1. The molecule has 0 amide bonds. The van der Waals surface area contributed by atoms with Crippen LogP contribution in [0.4, 0.5) is 0 Å². The van der Waals surface area contributed by atoms with Gasteiger partial charge in [0.2, 0.25) is 10.0 Å². The zero-order chi connectivity index (χ0) is 14.8. The van der Waals surface area contributed by atoms with Crippen molar-refractivity contribution in [2.45, 2.75) is 11.4 Å². The van der Waals surface area contributed by atoms with E-state index in [-0.39, 0.29) is 22.2 Å². The molecule has 0 bridgehead atoms. The molecule has 2 rings (SSSR count). The number of aromatic nitrogens is 1. The molecule has 9 heteroatoms. The number of hydrogen-bond donors (Lipinski definition) is 2. The SMILES string of the molecule is O=C(O)c1csc(CNS(=O)(=O)c2ccccc2Cl)n1. The Kier molecular flexibility index (Phi) is 4.39. The lowest BCUT2D eigenvalue weighted by Crippen LogP contribution is -2.23. The lowest BCUT2D eigenvalue weighted by Gasteiger charge is -2.06. The predicted octanol–water partition coefficient (Wildman–Crippen LogP) is 1.97. The van der Waals surface area contributed by atoms with Crippen molar-refractivity contribution in [3.63, 3.8) is 0 Å². The van der Waals surface area contributed by atoms with Crippen LogP contribution in [0.5, 0.6) is 0 Å². The second kappa shape index (κ2) is 5.88. The monoisotopic (exact) mass is 332 g/mol. The number of halogens is 1.